The van der Waals surface area contributed by atoms with Crippen LogP contribution in [0, 0.1) is 0 Å². The molecular formula is C13H14BrN3O4S2. The molecule has 0 saturated carbocycles. The molecule has 0 atom stereocenters. The highest BCUT2D eigenvalue weighted by atomic mass is 79.9. The molecule has 7 nitrogen and oxygen atoms in total. The molecule has 0 radical (unpaired) electrons. The Balaban J connectivity index is 1.75. The molecule has 3 heterocycles. The zero-order valence-corrected chi connectivity index (χ0v) is 15.4. The summed E-state index contributed by atoms with van der Waals surface area (Å²) in [5.41, 5.74) is 0.841. The standard InChI is InChI=1S/C13H14BrN3O4S2/c1-2-23(19,20)17-6-5-8-10(7-17)22-13(15-8)16-12(18)9-3-4-11(14)21-9/h3-4H,2,5-7H2,1H3,(H,15,16,18). The van der Waals surface area contributed by atoms with Gasteiger partial charge in [-0.15, -0.1) is 11.3 Å². The summed E-state index contributed by atoms with van der Waals surface area (Å²) in [5, 5.41) is 3.13. The molecule has 3 rings (SSSR count). The van der Waals surface area contributed by atoms with Crippen LogP contribution in [0.15, 0.2) is 21.2 Å². The number of anilines is 1. The van der Waals surface area contributed by atoms with Gasteiger partial charge in [0, 0.05) is 24.4 Å². The van der Waals surface area contributed by atoms with Crippen molar-refractivity contribution in [2.24, 2.45) is 0 Å². The number of hydrogen-bond acceptors (Lipinski definition) is 6. The van der Waals surface area contributed by atoms with Gasteiger partial charge in [-0.2, -0.15) is 4.31 Å². The first-order chi connectivity index (χ1) is 10.9. The van der Waals surface area contributed by atoms with E-state index in [9.17, 15) is 13.2 Å². The zero-order valence-electron chi connectivity index (χ0n) is 12.2. The van der Waals surface area contributed by atoms with Gasteiger partial charge >= 0.3 is 0 Å². The molecule has 23 heavy (non-hydrogen) atoms. The quantitative estimate of drug-likeness (QED) is 0.821. The van der Waals surface area contributed by atoms with Crippen LogP contribution in [-0.2, 0) is 23.0 Å². The van der Waals surface area contributed by atoms with E-state index in [-0.39, 0.29) is 17.4 Å². The van der Waals surface area contributed by atoms with Gasteiger partial charge in [0.05, 0.1) is 11.4 Å². The van der Waals surface area contributed by atoms with Crippen LogP contribution in [0.4, 0.5) is 5.13 Å². The molecular weight excluding hydrogens is 406 g/mol. The highest BCUT2D eigenvalue weighted by Crippen LogP contribution is 2.30. The fraction of sp³-hybridized carbons (Fsp3) is 0.385. The number of nitrogens with one attached hydrogen (secondary N) is 1. The minimum Gasteiger partial charge on any atom is -0.444 e. The normalized spacial score (nSPS) is 15.4. The van der Waals surface area contributed by atoms with E-state index in [1.807, 2.05) is 0 Å². The SMILES string of the molecule is CCS(=O)(=O)N1CCc2nc(NC(=O)c3ccc(Br)o3)sc2C1. The van der Waals surface area contributed by atoms with E-state index in [0.717, 1.165) is 10.6 Å². The lowest BCUT2D eigenvalue weighted by Gasteiger charge is -2.24. The van der Waals surface area contributed by atoms with E-state index in [1.54, 1.807) is 19.1 Å². The van der Waals surface area contributed by atoms with Crippen molar-refractivity contribution >= 4 is 48.3 Å². The summed E-state index contributed by atoms with van der Waals surface area (Å²) in [6.07, 6.45) is 0.549. The van der Waals surface area contributed by atoms with Crippen molar-refractivity contribution in [3.63, 3.8) is 0 Å². The van der Waals surface area contributed by atoms with Crippen LogP contribution in [0.5, 0.6) is 0 Å². The maximum atomic E-state index is 12.0. The molecule has 0 spiro atoms. The number of carbonyl (C=O) groups is 1. The second kappa shape index (κ2) is 6.34. The second-order valence-corrected chi connectivity index (χ2v) is 9.05. The molecule has 1 amide bonds. The molecule has 124 valence electrons. The zero-order chi connectivity index (χ0) is 16.6. The topological polar surface area (TPSA) is 92.5 Å². The first-order valence-electron chi connectivity index (χ1n) is 6.92. The fourth-order valence-electron chi connectivity index (χ4n) is 2.24. The van der Waals surface area contributed by atoms with Gasteiger partial charge in [-0.05, 0) is 35.0 Å². The van der Waals surface area contributed by atoms with Crippen molar-refractivity contribution in [2.75, 3.05) is 17.6 Å². The van der Waals surface area contributed by atoms with Crippen LogP contribution < -0.4 is 5.32 Å². The number of thiazole rings is 1. The molecule has 1 N–H and O–H groups in total. The summed E-state index contributed by atoms with van der Waals surface area (Å²) in [7, 11) is -3.21. The van der Waals surface area contributed by atoms with E-state index in [4.69, 9.17) is 4.42 Å². The van der Waals surface area contributed by atoms with Crippen LogP contribution in [0.2, 0.25) is 0 Å². The number of halogens is 1. The molecule has 1 aliphatic rings. The lowest BCUT2D eigenvalue weighted by Crippen LogP contribution is -2.36. The minimum atomic E-state index is -3.21. The Morgan fingerprint density at radius 3 is 2.96 bits per heavy atom. The van der Waals surface area contributed by atoms with Gasteiger partial charge in [-0.25, -0.2) is 13.4 Å². The Morgan fingerprint density at radius 1 is 1.52 bits per heavy atom. The molecule has 0 aliphatic carbocycles. The van der Waals surface area contributed by atoms with Gasteiger partial charge in [0.15, 0.2) is 15.6 Å². The summed E-state index contributed by atoms with van der Waals surface area (Å²) in [6, 6.07) is 3.19. The Kier molecular flexibility index (Phi) is 4.59. The third kappa shape index (κ3) is 3.49. The molecule has 0 aromatic carbocycles. The summed E-state index contributed by atoms with van der Waals surface area (Å²) in [6.45, 7) is 2.36. The number of amides is 1. The number of nitrogens with zero attached hydrogens (tertiary/aromatic N) is 2. The summed E-state index contributed by atoms with van der Waals surface area (Å²) in [5.74, 6) is -0.127. The number of fused-ring (bicyclic) bond motifs is 1. The smallest absolute Gasteiger partial charge is 0.293 e. The van der Waals surface area contributed by atoms with Crippen LogP contribution in [0.25, 0.3) is 0 Å². The fourth-order valence-corrected chi connectivity index (χ4v) is 4.71. The van der Waals surface area contributed by atoms with E-state index >= 15 is 0 Å². The Labute approximate surface area is 145 Å². The molecule has 0 fully saturated rings. The van der Waals surface area contributed by atoms with Gasteiger partial charge in [0.2, 0.25) is 10.0 Å². The van der Waals surface area contributed by atoms with Gasteiger partial charge < -0.3 is 4.42 Å². The Morgan fingerprint density at radius 2 is 2.30 bits per heavy atom. The number of furan rings is 1. The summed E-state index contributed by atoms with van der Waals surface area (Å²) < 4.78 is 31.0. The van der Waals surface area contributed by atoms with Crippen molar-refractivity contribution < 1.29 is 17.6 Å². The van der Waals surface area contributed by atoms with Crippen molar-refractivity contribution in [1.29, 1.82) is 0 Å². The van der Waals surface area contributed by atoms with Crippen molar-refractivity contribution in [1.82, 2.24) is 9.29 Å². The Hall–Kier alpha value is -1.23. The Bertz CT molecular complexity index is 843. The lowest BCUT2D eigenvalue weighted by molar-refractivity contribution is 0.0995. The molecule has 0 unspecified atom stereocenters. The van der Waals surface area contributed by atoms with Crippen LogP contribution in [-0.4, -0.2) is 35.9 Å². The second-order valence-electron chi connectivity index (χ2n) is 4.93. The van der Waals surface area contributed by atoms with E-state index < -0.39 is 10.0 Å². The van der Waals surface area contributed by atoms with Crippen LogP contribution in [0.1, 0.15) is 28.0 Å². The molecule has 1 aliphatic heterocycles. The number of rotatable bonds is 4. The van der Waals surface area contributed by atoms with Gasteiger partial charge in [-0.1, -0.05) is 0 Å². The maximum absolute atomic E-state index is 12.0. The predicted molar refractivity (Wildman–Crippen MR) is 90.1 cm³/mol. The molecule has 0 saturated heterocycles. The lowest BCUT2D eigenvalue weighted by atomic mass is 10.2. The minimum absolute atomic E-state index is 0.0814. The van der Waals surface area contributed by atoms with Crippen molar-refractivity contribution in [2.45, 2.75) is 19.9 Å². The molecule has 2 aromatic heterocycles. The highest BCUT2D eigenvalue weighted by Gasteiger charge is 2.28. The number of hydrogen-bond donors (Lipinski definition) is 1. The van der Waals surface area contributed by atoms with Gasteiger partial charge in [0.25, 0.3) is 5.91 Å². The van der Waals surface area contributed by atoms with Crippen molar-refractivity contribution in [3.8, 4) is 0 Å². The monoisotopic (exact) mass is 419 g/mol. The summed E-state index contributed by atoms with van der Waals surface area (Å²) in [4.78, 5) is 17.3. The van der Waals surface area contributed by atoms with E-state index in [2.05, 4.69) is 26.2 Å². The summed E-state index contributed by atoms with van der Waals surface area (Å²) >= 11 is 4.44. The first-order valence-corrected chi connectivity index (χ1v) is 10.1. The maximum Gasteiger partial charge on any atom is 0.293 e. The number of sulfonamides is 1. The van der Waals surface area contributed by atoms with Crippen LogP contribution >= 0.6 is 27.3 Å². The van der Waals surface area contributed by atoms with Crippen LogP contribution in [0.3, 0.4) is 0 Å². The molecule has 0 bridgehead atoms. The molecule has 2 aromatic rings. The third-order valence-electron chi connectivity index (χ3n) is 3.47. The average molecular weight is 420 g/mol. The van der Waals surface area contributed by atoms with Crippen molar-refractivity contribution in [3.05, 3.63) is 33.1 Å². The average Bonchev–Trinajstić information content (AvgIpc) is 3.11. The first kappa shape index (κ1) is 16.6. The van der Waals surface area contributed by atoms with E-state index in [0.29, 0.717) is 29.3 Å². The van der Waals surface area contributed by atoms with Gasteiger partial charge in [-0.3, -0.25) is 10.1 Å². The molecule has 10 heteroatoms. The number of carbonyl (C=O) groups excluding carboxylic acids is 1. The van der Waals surface area contributed by atoms with E-state index in [1.165, 1.54) is 15.6 Å². The largest absolute Gasteiger partial charge is 0.444 e. The predicted octanol–water partition coefficient (Wildman–Crippen LogP) is 2.46. The number of aromatic nitrogens is 1. The third-order valence-corrected chi connectivity index (χ3v) is 6.72. The van der Waals surface area contributed by atoms with Gasteiger partial charge in [0.1, 0.15) is 0 Å². The highest BCUT2D eigenvalue weighted by molar-refractivity contribution is 9.10.